The number of carbonyl (C=O) groups excluding carboxylic acids is 3. The van der Waals surface area contributed by atoms with Crippen LogP contribution in [0.5, 0.6) is 5.75 Å². The summed E-state index contributed by atoms with van der Waals surface area (Å²) in [6, 6.07) is 9.52. The topological polar surface area (TPSA) is 113 Å². The number of furan rings is 1. The van der Waals surface area contributed by atoms with E-state index in [-0.39, 0.29) is 5.91 Å². The summed E-state index contributed by atoms with van der Waals surface area (Å²) in [5.41, 5.74) is 1.57. The molecule has 1 saturated heterocycles. The first-order valence-electron chi connectivity index (χ1n) is 11.2. The molecule has 0 spiro atoms. The van der Waals surface area contributed by atoms with Gasteiger partial charge in [-0.25, -0.2) is 9.59 Å². The Morgan fingerprint density at radius 2 is 1.85 bits per heavy atom. The third kappa shape index (κ3) is 5.07. The summed E-state index contributed by atoms with van der Waals surface area (Å²) in [6.07, 6.45) is 1.48. The van der Waals surface area contributed by atoms with Crippen molar-refractivity contribution in [3.8, 4) is 5.75 Å². The first-order valence-corrected chi connectivity index (χ1v) is 11.2. The number of benzene rings is 1. The molecule has 10 heteroatoms. The van der Waals surface area contributed by atoms with Crippen molar-refractivity contribution in [1.82, 2.24) is 20.4 Å². The first-order chi connectivity index (χ1) is 16.5. The zero-order valence-corrected chi connectivity index (χ0v) is 19.2. The van der Waals surface area contributed by atoms with Gasteiger partial charge >= 0.3 is 12.0 Å². The average Bonchev–Trinajstić information content (AvgIpc) is 3.39. The Kier molecular flexibility index (Phi) is 7.17. The van der Waals surface area contributed by atoms with Crippen LogP contribution in [0.25, 0.3) is 0 Å². The van der Waals surface area contributed by atoms with Crippen LogP contribution in [0.3, 0.4) is 0 Å². The van der Waals surface area contributed by atoms with E-state index in [4.69, 9.17) is 13.9 Å². The van der Waals surface area contributed by atoms with Crippen molar-refractivity contribution in [2.24, 2.45) is 0 Å². The molecule has 2 aliphatic heterocycles. The minimum atomic E-state index is -0.659. The van der Waals surface area contributed by atoms with Crippen LogP contribution in [0.15, 0.2) is 58.3 Å². The fourth-order valence-electron chi connectivity index (χ4n) is 4.16. The summed E-state index contributed by atoms with van der Waals surface area (Å²) in [5.74, 6) is 0.350. The van der Waals surface area contributed by atoms with Gasteiger partial charge in [0, 0.05) is 38.4 Å². The molecule has 1 aromatic carbocycles. The van der Waals surface area contributed by atoms with Gasteiger partial charge in [0.15, 0.2) is 5.76 Å². The zero-order chi connectivity index (χ0) is 24.1. The van der Waals surface area contributed by atoms with Crippen LogP contribution in [0.2, 0.25) is 0 Å². The smallest absolute Gasteiger partial charge is 0.338 e. The molecule has 1 aromatic heterocycles. The van der Waals surface area contributed by atoms with Gasteiger partial charge in [-0.3, -0.25) is 9.69 Å². The number of nitrogens with zero attached hydrogens (tertiary/aromatic N) is 2. The van der Waals surface area contributed by atoms with Gasteiger partial charge in [-0.05, 0) is 36.8 Å². The number of amides is 3. The Bertz CT molecular complexity index is 1060. The van der Waals surface area contributed by atoms with Crippen molar-refractivity contribution in [1.29, 1.82) is 0 Å². The summed E-state index contributed by atoms with van der Waals surface area (Å²) in [4.78, 5) is 41.6. The minimum absolute atomic E-state index is 0.148. The first kappa shape index (κ1) is 23.4. The molecule has 0 radical (unpaired) electrons. The van der Waals surface area contributed by atoms with Gasteiger partial charge in [-0.15, -0.1) is 0 Å². The van der Waals surface area contributed by atoms with E-state index in [0.29, 0.717) is 62.1 Å². The summed E-state index contributed by atoms with van der Waals surface area (Å²) < 4.78 is 15.8. The van der Waals surface area contributed by atoms with E-state index in [9.17, 15) is 14.4 Å². The van der Waals surface area contributed by atoms with E-state index in [1.807, 2.05) is 19.1 Å². The summed E-state index contributed by atoms with van der Waals surface area (Å²) >= 11 is 0. The van der Waals surface area contributed by atoms with Gasteiger partial charge in [0.1, 0.15) is 5.75 Å². The van der Waals surface area contributed by atoms with E-state index in [2.05, 4.69) is 15.5 Å². The van der Waals surface area contributed by atoms with Crippen molar-refractivity contribution in [2.45, 2.75) is 13.0 Å². The predicted molar refractivity (Wildman–Crippen MR) is 122 cm³/mol. The van der Waals surface area contributed by atoms with Crippen LogP contribution >= 0.6 is 0 Å². The average molecular weight is 469 g/mol. The molecule has 3 heterocycles. The summed E-state index contributed by atoms with van der Waals surface area (Å²) in [7, 11) is 1.32. The number of hydrogen-bond acceptors (Lipinski definition) is 7. The molecule has 0 saturated carbocycles. The fraction of sp³-hybridized carbons (Fsp3) is 0.375. The Morgan fingerprint density at radius 3 is 2.47 bits per heavy atom. The third-order valence-electron chi connectivity index (χ3n) is 5.86. The molecule has 2 aliphatic rings. The van der Waals surface area contributed by atoms with Crippen LogP contribution in [-0.2, 0) is 9.53 Å². The zero-order valence-electron chi connectivity index (χ0n) is 19.2. The van der Waals surface area contributed by atoms with Gasteiger partial charge in [-0.1, -0.05) is 12.1 Å². The number of ether oxygens (including phenoxy) is 2. The van der Waals surface area contributed by atoms with E-state index in [1.54, 1.807) is 29.2 Å². The maximum absolute atomic E-state index is 12.8. The van der Waals surface area contributed by atoms with E-state index in [0.717, 1.165) is 5.56 Å². The molecule has 1 unspecified atom stereocenters. The highest BCUT2D eigenvalue weighted by Gasteiger charge is 2.35. The van der Waals surface area contributed by atoms with Gasteiger partial charge in [0.05, 0.1) is 31.6 Å². The molecular formula is C24H28N4O6. The molecular weight excluding hydrogens is 440 g/mol. The number of esters is 1. The van der Waals surface area contributed by atoms with Crippen LogP contribution in [0, 0.1) is 0 Å². The number of rotatable bonds is 7. The quantitative estimate of drug-likeness (QED) is 0.597. The predicted octanol–water partition coefficient (Wildman–Crippen LogP) is 1.92. The standard InChI is InChI=1S/C24H28N4O6/c1-3-33-17-8-6-16(7-9-17)21-20(23(30)32-2)18(25-24(31)26-21)15-27-10-12-28(13-11-27)22(29)19-5-4-14-34-19/h4-9,14,21H,3,10-13,15H2,1-2H3,(H2,25,26,31). The van der Waals surface area contributed by atoms with E-state index in [1.165, 1.54) is 13.4 Å². The molecule has 1 atom stereocenters. The van der Waals surface area contributed by atoms with Crippen molar-refractivity contribution in [3.63, 3.8) is 0 Å². The molecule has 2 N–H and O–H groups in total. The lowest BCUT2D eigenvalue weighted by Gasteiger charge is -2.36. The lowest BCUT2D eigenvalue weighted by Crippen LogP contribution is -2.52. The maximum atomic E-state index is 12.8. The Morgan fingerprint density at radius 1 is 1.12 bits per heavy atom. The van der Waals surface area contributed by atoms with Crippen LogP contribution in [0.4, 0.5) is 4.79 Å². The maximum Gasteiger partial charge on any atom is 0.338 e. The summed E-state index contributed by atoms with van der Waals surface area (Å²) in [5, 5.41) is 5.61. The number of nitrogens with one attached hydrogen (secondary N) is 2. The second-order valence-corrected chi connectivity index (χ2v) is 7.96. The molecule has 34 heavy (non-hydrogen) atoms. The van der Waals surface area contributed by atoms with E-state index >= 15 is 0 Å². The number of hydrogen-bond donors (Lipinski definition) is 2. The largest absolute Gasteiger partial charge is 0.494 e. The third-order valence-corrected chi connectivity index (χ3v) is 5.86. The molecule has 1 fully saturated rings. The molecule has 2 aromatic rings. The second-order valence-electron chi connectivity index (χ2n) is 7.96. The Balaban J connectivity index is 1.51. The minimum Gasteiger partial charge on any atom is -0.494 e. The SMILES string of the molecule is CCOc1ccc(C2NC(=O)NC(CN3CCN(C(=O)c4ccco4)CC3)=C2C(=O)OC)cc1. The van der Waals surface area contributed by atoms with E-state index < -0.39 is 18.0 Å². The normalized spacial score (nSPS) is 18.8. The highest BCUT2D eigenvalue weighted by atomic mass is 16.5. The monoisotopic (exact) mass is 468 g/mol. The fourth-order valence-corrected chi connectivity index (χ4v) is 4.16. The lowest BCUT2D eigenvalue weighted by atomic mass is 9.95. The number of urea groups is 1. The van der Waals surface area contributed by atoms with Crippen LogP contribution in [-0.4, -0.2) is 74.1 Å². The second kappa shape index (κ2) is 10.4. The van der Waals surface area contributed by atoms with Gasteiger partial charge in [-0.2, -0.15) is 0 Å². The number of methoxy groups -OCH3 is 1. The van der Waals surface area contributed by atoms with Crippen molar-refractivity contribution < 1.29 is 28.3 Å². The highest BCUT2D eigenvalue weighted by Crippen LogP contribution is 2.29. The van der Waals surface area contributed by atoms with Gasteiger partial charge in [0.2, 0.25) is 0 Å². The highest BCUT2D eigenvalue weighted by molar-refractivity contribution is 5.95. The van der Waals surface area contributed by atoms with Gasteiger partial charge < -0.3 is 29.4 Å². The van der Waals surface area contributed by atoms with Crippen molar-refractivity contribution >= 4 is 17.9 Å². The number of carbonyl (C=O) groups is 3. The molecule has 0 bridgehead atoms. The van der Waals surface area contributed by atoms with Gasteiger partial charge in [0.25, 0.3) is 5.91 Å². The Hall–Kier alpha value is -3.79. The molecule has 0 aliphatic carbocycles. The van der Waals surface area contributed by atoms with Crippen LogP contribution in [0.1, 0.15) is 29.1 Å². The molecule has 4 rings (SSSR count). The molecule has 3 amide bonds. The lowest BCUT2D eigenvalue weighted by molar-refractivity contribution is -0.136. The van der Waals surface area contributed by atoms with Crippen LogP contribution < -0.4 is 15.4 Å². The molecule has 10 nitrogen and oxygen atoms in total. The Labute approximate surface area is 197 Å². The summed E-state index contributed by atoms with van der Waals surface area (Å²) in [6.45, 7) is 4.97. The number of piperazine rings is 1. The van der Waals surface area contributed by atoms with Crippen molar-refractivity contribution in [3.05, 3.63) is 65.3 Å². The van der Waals surface area contributed by atoms with Crippen molar-refractivity contribution in [2.75, 3.05) is 46.4 Å². The molecule has 180 valence electrons.